The number of amides is 1. The summed E-state index contributed by atoms with van der Waals surface area (Å²) in [6, 6.07) is 20.6. The molecule has 160 valence electrons. The van der Waals surface area contributed by atoms with Crippen molar-refractivity contribution in [2.45, 2.75) is 56.8 Å². The maximum absolute atomic E-state index is 11.7. The molecule has 2 aliphatic rings. The zero-order valence-corrected chi connectivity index (χ0v) is 18.9. The number of hydrogen-bond donors (Lipinski definition) is 2. The fourth-order valence-electron chi connectivity index (χ4n) is 5.69. The summed E-state index contributed by atoms with van der Waals surface area (Å²) in [7, 11) is -2.69. The molecule has 0 aromatic heterocycles. The number of aliphatic hydroxyl groups excluding tert-OH is 1. The van der Waals surface area contributed by atoms with E-state index >= 15 is 0 Å². The van der Waals surface area contributed by atoms with Crippen LogP contribution in [0, 0.1) is 5.92 Å². The molecule has 1 heterocycles. The van der Waals surface area contributed by atoms with E-state index in [1.54, 1.807) is 0 Å². The molecule has 1 saturated carbocycles. The summed E-state index contributed by atoms with van der Waals surface area (Å²) in [6.07, 6.45) is 0.456. The third kappa shape index (κ3) is 3.27. The summed E-state index contributed by atoms with van der Waals surface area (Å²) in [6.45, 7) is 6.59. The van der Waals surface area contributed by atoms with E-state index in [1.807, 2.05) is 12.1 Å². The van der Waals surface area contributed by atoms with Crippen molar-refractivity contribution >= 4 is 24.8 Å². The van der Waals surface area contributed by atoms with Gasteiger partial charge >= 0.3 is 6.09 Å². The molecular weight excluding hydrogens is 394 g/mol. The van der Waals surface area contributed by atoms with Gasteiger partial charge in [0.2, 0.25) is 0 Å². The van der Waals surface area contributed by atoms with Crippen molar-refractivity contribution in [3.8, 4) is 0 Å². The molecule has 1 amide bonds. The van der Waals surface area contributed by atoms with E-state index in [4.69, 9.17) is 4.43 Å². The van der Waals surface area contributed by atoms with Gasteiger partial charge in [0.25, 0.3) is 8.32 Å². The Bertz CT molecular complexity index is 844. The molecule has 2 aromatic carbocycles. The van der Waals surface area contributed by atoms with Gasteiger partial charge in [-0.2, -0.15) is 0 Å². The van der Waals surface area contributed by atoms with Gasteiger partial charge in [0.05, 0.1) is 18.8 Å². The highest BCUT2D eigenvalue weighted by Gasteiger charge is 2.58. The van der Waals surface area contributed by atoms with Gasteiger partial charge in [-0.1, -0.05) is 81.4 Å². The highest BCUT2D eigenvalue weighted by molar-refractivity contribution is 6.99. The van der Waals surface area contributed by atoms with E-state index in [0.29, 0.717) is 6.42 Å². The number of likely N-dealkylation sites (tertiary alicyclic amines) is 1. The average Bonchev–Trinajstić information content (AvgIpc) is 3.30. The number of carboxylic acid groups (broad SMARTS) is 1. The Morgan fingerprint density at radius 1 is 1.03 bits per heavy atom. The Morgan fingerprint density at radius 3 is 2.00 bits per heavy atom. The Hall–Kier alpha value is -2.15. The standard InChI is InChI=1S/C24H31NO4Si/c1-24(2,3)30(18-10-6-4-7-11-18,19-12-8-5-9-13-19)29-22-15-17-14-20(22)21(16-26)25(17)23(27)28/h4-13,17,20-22,26H,14-16H2,1-3H3,(H,27,28). The van der Waals surface area contributed by atoms with Crippen LogP contribution in [0.15, 0.2) is 60.7 Å². The van der Waals surface area contributed by atoms with Crippen LogP contribution in [-0.4, -0.2) is 54.3 Å². The summed E-state index contributed by atoms with van der Waals surface area (Å²) < 4.78 is 7.24. The first-order valence-electron chi connectivity index (χ1n) is 10.7. The molecule has 0 spiro atoms. The lowest BCUT2D eigenvalue weighted by Crippen LogP contribution is -2.68. The SMILES string of the molecule is CC(C)(C)[Si](OC1CC2CC1C(CO)N2C(=O)O)(c1ccccc1)c1ccccc1. The second-order valence-corrected chi connectivity index (χ2v) is 13.8. The molecule has 0 radical (unpaired) electrons. The minimum Gasteiger partial charge on any atom is -0.465 e. The van der Waals surface area contributed by atoms with Crippen LogP contribution in [-0.2, 0) is 4.43 Å². The lowest BCUT2D eigenvalue weighted by Gasteiger charge is -2.47. The second kappa shape index (κ2) is 7.83. The molecule has 1 aliphatic heterocycles. The van der Waals surface area contributed by atoms with Crippen molar-refractivity contribution in [1.29, 1.82) is 0 Å². The van der Waals surface area contributed by atoms with Crippen LogP contribution >= 0.6 is 0 Å². The number of piperidine rings is 1. The summed E-state index contributed by atoms with van der Waals surface area (Å²) >= 11 is 0. The molecule has 4 unspecified atom stereocenters. The van der Waals surface area contributed by atoms with Crippen LogP contribution in [0.25, 0.3) is 0 Å². The highest BCUT2D eigenvalue weighted by Crippen LogP contribution is 2.47. The van der Waals surface area contributed by atoms with Gasteiger partial charge in [-0.25, -0.2) is 4.79 Å². The Labute approximate surface area is 179 Å². The summed E-state index contributed by atoms with van der Waals surface area (Å²) in [5.74, 6) is 0.0257. The fourth-order valence-corrected chi connectivity index (χ4v) is 10.4. The maximum atomic E-state index is 11.7. The number of aliphatic hydroxyl groups is 1. The van der Waals surface area contributed by atoms with Crippen LogP contribution in [0.2, 0.25) is 5.04 Å². The molecule has 2 aromatic rings. The first-order valence-corrected chi connectivity index (χ1v) is 12.6. The number of fused-ring (bicyclic) bond motifs is 2. The normalized spacial score (nSPS) is 26.2. The quantitative estimate of drug-likeness (QED) is 0.723. The topological polar surface area (TPSA) is 70.0 Å². The molecule has 4 rings (SSSR count). The van der Waals surface area contributed by atoms with E-state index in [1.165, 1.54) is 15.3 Å². The van der Waals surface area contributed by atoms with Crippen molar-refractivity contribution in [3.05, 3.63) is 60.7 Å². The molecule has 2 fully saturated rings. The Morgan fingerprint density at radius 2 is 1.57 bits per heavy atom. The van der Waals surface area contributed by atoms with E-state index in [9.17, 15) is 15.0 Å². The van der Waals surface area contributed by atoms with Crippen LogP contribution < -0.4 is 10.4 Å². The zero-order chi connectivity index (χ0) is 21.5. The molecule has 1 aliphatic carbocycles. The van der Waals surface area contributed by atoms with Crippen LogP contribution in [0.1, 0.15) is 33.6 Å². The highest BCUT2D eigenvalue weighted by atomic mass is 28.4. The summed E-state index contributed by atoms with van der Waals surface area (Å²) in [4.78, 5) is 13.2. The van der Waals surface area contributed by atoms with Gasteiger partial charge in [-0.15, -0.1) is 0 Å². The minimum atomic E-state index is -2.69. The van der Waals surface area contributed by atoms with E-state index < -0.39 is 14.4 Å². The Kier molecular flexibility index (Phi) is 5.51. The average molecular weight is 426 g/mol. The van der Waals surface area contributed by atoms with Crippen molar-refractivity contribution in [2.24, 2.45) is 5.92 Å². The van der Waals surface area contributed by atoms with E-state index in [0.717, 1.165) is 6.42 Å². The molecular formula is C24H31NO4Si. The van der Waals surface area contributed by atoms with Gasteiger partial charge in [0, 0.05) is 12.0 Å². The second-order valence-electron chi connectivity index (χ2n) is 9.55. The molecule has 2 N–H and O–H groups in total. The molecule has 2 bridgehead atoms. The number of hydrogen-bond acceptors (Lipinski definition) is 3. The monoisotopic (exact) mass is 425 g/mol. The predicted molar refractivity (Wildman–Crippen MR) is 120 cm³/mol. The predicted octanol–water partition coefficient (Wildman–Crippen LogP) is 3.06. The van der Waals surface area contributed by atoms with E-state index in [2.05, 4.69) is 69.3 Å². The van der Waals surface area contributed by atoms with Crippen molar-refractivity contribution in [2.75, 3.05) is 6.61 Å². The van der Waals surface area contributed by atoms with Crippen molar-refractivity contribution in [3.63, 3.8) is 0 Å². The third-order valence-corrected chi connectivity index (χ3v) is 12.0. The van der Waals surface area contributed by atoms with Crippen LogP contribution in [0.5, 0.6) is 0 Å². The number of benzene rings is 2. The van der Waals surface area contributed by atoms with Crippen molar-refractivity contribution < 1.29 is 19.4 Å². The van der Waals surface area contributed by atoms with Crippen LogP contribution in [0.3, 0.4) is 0 Å². The van der Waals surface area contributed by atoms with Gasteiger partial charge in [-0.05, 0) is 28.3 Å². The first kappa shape index (κ1) is 21.1. The lowest BCUT2D eigenvalue weighted by molar-refractivity contribution is 0.0208. The summed E-state index contributed by atoms with van der Waals surface area (Å²) in [5, 5.41) is 21.9. The summed E-state index contributed by atoms with van der Waals surface area (Å²) in [5.41, 5.74) is 0. The lowest BCUT2D eigenvalue weighted by atomic mass is 9.97. The smallest absolute Gasteiger partial charge is 0.407 e. The van der Waals surface area contributed by atoms with Gasteiger partial charge in [0.15, 0.2) is 0 Å². The Balaban J connectivity index is 1.78. The van der Waals surface area contributed by atoms with Gasteiger partial charge < -0.3 is 14.6 Å². The molecule has 6 heteroatoms. The first-order chi connectivity index (χ1) is 14.3. The number of carbonyl (C=O) groups is 1. The van der Waals surface area contributed by atoms with Gasteiger partial charge in [0.1, 0.15) is 0 Å². The number of rotatable bonds is 5. The minimum absolute atomic E-state index is 0.0257. The molecule has 5 nitrogen and oxygen atoms in total. The zero-order valence-electron chi connectivity index (χ0n) is 17.9. The molecule has 30 heavy (non-hydrogen) atoms. The van der Waals surface area contributed by atoms with E-state index in [-0.39, 0.29) is 35.8 Å². The molecule has 1 saturated heterocycles. The van der Waals surface area contributed by atoms with Gasteiger partial charge in [-0.3, -0.25) is 4.90 Å². The third-order valence-electron chi connectivity index (χ3n) is 6.92. The fraction of sp³-hybridized carbons (Fsp3) is 0.458. The van der Waals surface area contributed by atoms with Crippen molar-refractivity contribution in [1.82, 2.24) is 4.90 Å². The largest absolute Gasteiger partial charge is 0.465 e. The van der Waals surface area contributed by atoms with Crippen LogP contribution in [0.4, 0.5) is 4.79 Å². The molecule has 4 atom stereocenters. The maximum Gasteiger partial charge on any atom is 0.407 e. The number of nitrogens with zero attached hydrogens (tertiary/aromatic N) is 1.